The lowest BCUT2D eigenvalue weighted by molar-refractivity contribution is 0.187. The summed E-state index contributed by atoms with van der Waals surface area (Å²) in [6, 6.07) is 5.75. The number of anilines is 2. The molecule has 1 atom stereocenters. The third-order valence-electron chi connectivity index (χ3n) is 2.86. The summed E-state index contributed by atoms with van der Waals surface area (Å²) >= 11 is 0. The van der Waals surface area contributed by atoms with Crippen molar-refractivity contribution in [2.24, 2.45) is 5.92 Å². The first-order valence-electron chi connectivity index (χ1n) is 6.13. The zero-order valence-electron chi connectivity index (χ0n) is 10.2. The minimum Gasteiger partial charge on any atom is -0.494 e. The average Bonchev–Trinajstić information content (AvgIpc) is 2.79. The fourth-order valence-electron chi connectivity index (χ4n) is 1.98. The Morgan fingerprint density at radius 3 is 3.06 bits per heavy atom. The average molecular weight is 236 g/mol. The molecule has 1 fully saturated rings. The maximum Gasteiger partial charge on any atom is 0.123 e. The van der Waals surface area contributed by atoms with E-state index in [0.29, 0.717) is 12.5 Å². The molecule has 1 aliphatic rings. The van der Waals surface area contributed by atoms with Gasteiger partial charge in [-0.25, -0.2) is 0 Å². The number of rotatable bonds is 5. The lowest BCUT2D eigenvalue weighted by Crippen LogP contribution is -2.14. The van der Waals surface area contributed by atoms with Crippen LogP contribution in [0.5, 0.6) is 5.75 Å². The number of nitrogen functional groups attached to an aromatic ring is 1. The predicted octanol–water partition coefficient (Wildman–Crippen LogP) is 2.12. The van der Waals surface area contributed by atoms with Crippen LogP contribution < -0.4 is 15.8 Å². The lowest BCUT2D eigenvalue weighted by Gasteiger charge is -2.13. The van der Waals surface area contributed by atoms with E-state index in [2.05, 4.69) is 5.32 Å². The number of hydrogen-bond acceptors (Lipinski definition) is 4. The zero-order valence-corrected chi connectivity index (χ0v) is 10.2. The van der Waals surface area contributed by atoms with Gasteiger partial charge >= 0.3 is 0 Å². The van der Waals surface area contributed by atoms with Crippen molar-refractivity contribution in [2.75, 3.05) is 37.4 Å². The quantitative estimate of drug-likeness (QED) is 0.769. The minimum atomic E-state index is 0.604. The van der Waals surface area contributed by atoms with Gasteiger partial charge in [-0.05, 0) is 19.4 Å². The molecule has 0 amide bonds. The summed E-state index contributed by atoms with van der Waals surface area (Å²) < 4.78 is 10.8. The topological polar surface area (TPSA) is 56.5 Å². The molecule has 1 saturated heterocycles. The highest BCUT2D eigenvalue weighted by Gasteiger charge is 2.15. The van der Waals surface area contributed by atoms with Crippen LogP contribution in [-0.2, 0) is 4.74 Å². The van der Waals surface area contributed by atoms with Crippen molar-refractivity contribution in [3.8, 4) is 5.75 Å². The van der Waals surface area contributed by atoms with Gasteiger partial charge in [-0.1, -0.05) is 0 Å². The fraction of sp³-hybridized carbons (Fsp3) is 0.538. The standard InChI is InChI=1S/C13H20N2O2/c1-2-17-13-6-11(14)5-12(7-13)15-8-10-3-4-16-9-10/h5-7,10,15H,2-4,8-9,14H2,1H3. The molecule has 1 aromatic rings. The van der Waals surface area contributed by atoms with E-state index in [1.54, 1.807) is 0 Å². The molecular formula is C13H20N2O2. The minimum absolute atomic E-state index is 0.604. The Morgan fingerprint density at radius 2 is 2.35 bits per heavy atom. The molecule has 0 spiro atoms. The van der Waals surface area contributed by atoms with Gasteiger partial charge in [0, 0.05) is 42.6 Å². The normalized spacial score (nSPS) is 19.2. The van der Waals surface area contributed by atoms with Crippen molar-refractivity contribution in [3.63, 3.8) is 0 Å². The van der Waals surface area contributed by atoms with Crippen LogP contribution >= 0.6 is 0 Å². The summed E-state index contributed by atoms with van der Waals surface area (Å²) in [4.78, 5) is 0. The second-order valence-electron chi connectivity index (χ2n) is 4.33. The molecule has 1 aliphatic heterocycles. The van der Waals surface area contributed by atoms with Crippen LogP contribution in [0.3, 0.4) is 0 Å². The Kier molecular flexibility index (Phi) is 4.09. The summed E-state index contributed by atoms with van der Waals surface area (Å²) in [6.45, 7) is 5.28. The van der Waals surface area contributed by atoms with Gasteiger partial charge in [0.2, 0.25) is 0 Å². The first-order valence-corrected chi connectivity index (χ1v) is 6.13. The van der Waals surface area contributed by atoms with Gasteiger partial charge in [-0.15, -0.1) is 0 Å². The van der Waals surface area contributed by atoms with Crippen LogP contribution in [0.15, 0.2) is 18.2 Å². The number of nitrogens with one attached hydrogen (secondary N) is 1. The molecule has 94 valence electrons. The Balaban J connectivity index is 1.94. The molecule has 0 aromatic heterocycles. The monoisotopic (exact) mass is 236 g/mol. The second kappa shape index (κ2) is 5.77. The summed E-state index contributed by atoms with van der Waals surface area (Å²) in [6.07, 6.45) is 1.13. The first-order chi connectivity index (χ1) is 8.28. The van der Waals surface area contributed by atoms with E-state index < -0.39 is 0 Å². The molecule has 0 saturated carbocycles. The van der Waals surface area contributed by atoms with E-state index in [-0.39, 0.29) is 0 Å². The summed E-state index contributed by atoms with van der Waals surface area (Å²) in [5, 5.41) is 3.39. The van der Waals surface area contributed by atoms with Crippen molar-refractivity contribution in [3.05, 3.63) is 18.2 Å². The van der Waals surface area contributed by atoms with E-state index in [4.69, 9.17) is 15.2 Å². The molecule has 2 rings (SSSR count). The predicted molar refractivity (Wildman–Crippen MR) is 69.4 cm³/mol. The Morgan fingerprint density at radius 1 is 1.47 bits per heavy atom. The highest BCUT2D eigenvalue weighted by Crippen LogP contribution is 2.23. The van der Waals surface area contributed by atoms with Crippen LogP contribution in [0.2, 0.25) is 0 Å². The van der Waals surface area contributed by atoms with Gasteiger partial charge in [0.25, 0.3) is 0 Å². The molecule has 4 nitrogen and oxygen atoms in total. The molecule has 1 heterocycles. The molecule has 17 heavy (non-hydrogen) atoms. The highest BCUT2D eigenvalue weighted by atomic mass is 16.5. The second-order valence-corrected chi connectivity index (χ2v) is 4.33. The smallest absolute Gasteiger partial charge is 0.123 e. The number of benzene rings is 1. The Bertz CT molecular complexity index is 362. The van der Waals surface area contributed by atoms with Crippen molar-refractivity contribution >= 4 is 11.4 Å². The summed E-state index contributed by atoms with van der Waals surface area (Å²) in [5.74, 6) is 1.42. The zero-order chi connectivity index (χ0) is 12.1. The highest BCUT2D eigenvalue weighted by molar-refractivity contribution is 5.59. The van der Waals surface area contributed by atoms with E-state index in [1.807, 2.05) is 25.1 Å². The van der Waals surface area contributed by atoms with Crippen LogP contribution in [0.1, 0.15) is 13.3 Å². The van der Waals surface area contributed by atoms with E-state index in [1.165, 1.54) is 0 Å². The largest absolute Gasteiger partial charge is 0.494 e. The summed E-state index contributed by atoms with van der Waals surface area (Å²) in [7, 11) is 0. The van der Waals surface area contributed by atoms with Crippen molar-refractivity contribution in [1.29, 1.82) is 0 Å². The van der Waals surface area contributed by atoms with Crippen LogP contribution in [0, 0.1) is 5.92 Å². The maximum absolute atomic E-state index is 5.83. The molecule has 1 unspecified atom stereocenters. The van der Waals surface area contributed by atoms with Gasteiger partial charge in [0.1, 0.15) is 5.75 Å². The number of hydrogen-bond donors (Lipinski definition) is 2. The van der Waals surface area contributed by atoms with E-state index in [0.717, 1.165) is 43.3 Å². The van der Waals surface area contributed by atoms with Crippen molar-refractivity contribution < 1.29 is 9.47 Å². The van der Waals surface area contributed by atoms with Crippen LogP contribution in [0.25, 0.3) is 0 Å². The Labute approximate surface area is 102 Å². The third-order valence-corrected chi connectivity index (χ3v) is 2.86. The van der Waals surface area contributed by atoms with E-state index >= 15 is 0 Å². The number of nitrogens with two attached hydrogens (primary N) is 1. The molecule has 0 bridgehead atoms. The maximum atomic E-state index is 5.83. The molecular weight excluding hydrogens is 216 g/mol. The van der Waals surface area contributed by atoms with Crippen LogP contribution in [-0.4, -0.2) is 26.4 Å². The first kappa shape index (κ1) is 12.0. The fourth-order valence-corrected chi connectivity index (χ4v) is 1.98. The molecule has 0 radical (unpaired) electrons. The van der Waals surface area contributed by atoms with Crippen LogP contribution in [0.4, 0.5) is 11.4 Å². The van der Waals surface area contributed by atoms with Gasteiger partial charge in [-0.3, -0.25) is 0 Å². The van der Waals surface area contributed by atoms with Crippen molar-refractivity contribution in [2.45, 2.75) is 13.3 Å². The van der Waals surface area contributed by atoms with E-state index in [9.17, 15) is 0 Å². The summed E-state index contributed by atoms with van der Waals surface area (Å²) in [5.41, 5.74) is 7.57. The van der Waals surface area contributed by atoms with Gasteiger partial charge in [0.05, 0.1) is 13.2 Å². The lowest BCUT2D eigenvalue weighted by atomic mass is 10.1. The number of ether oxygens (including phenoxy) is 2. The molecule has 1 aromatic carbocycles. The SMILES string of the molecule is CCOc1cc(N)cc(NCC2CCOC2)c1. The van der Waals surface area contributed by atoms with Gasteiger partial charge in [0.15, 0.2) is 0 Å². The molecule has 0 aliphatic carbocycles. The van der Waals surface area contributed by atoms with Gasteiger partial charge in [-0.2, -0.15) is 0 Å². The molecule has 3 N–H and O–H groups in total. The molecule has 4 heteroatoms. The third kappa shape index (κ3) is 3.53. The van der Waals surface area contributed by atoms with Gasteiger partial charge < -0.3 is 20.5 Å². The Hall–Kier alpha value is -1.42. The van der Waals surface area contributed by atoms with Crippen molar-refractivity contribution in [1.82, 2.24) is 0 Å².